The number of carboxylic acid groups (broad SMARTS) is 1. The highest BCUT2D eigenvalue weighted by Gasteiger charge is 2.51. The van der Waals surface area contributed by atoms with Crippen LogP contribution in [0, 0.1) is 0 Å². The van der Waals surface area contributed by atoms with Crippen LogP contribution in [0.3, 0.4) is 0 Å². The van der Waals surface area contributed by atoms with Gasteiger partial charge in [-0.15, -0.1) is 0 Å². The number of carbonyl (C=O) groups is 1. The number of hydrogen-bond donors (Lipinski definition) is 1. The molecule has 21 heavy (non-hydrogen) atoms. The first-order chi connectivity index (χ1) is 9.83. The van der Waals surface area contributed by atoms with Gasteiger partial charge in [0.25, 0.3) is 10.0 Å². The van der Waals surface area contributed by atoms with Crippen LogP contribution in [0.4, 0.5) is 5.69 Å². The summed E-state index contributed by atoms with van der Waals surface area (Å²) in [4.78, 5) is 11.8. The fourth-order valence-electron chi connectivity index (χ4n) is 2.55. The Hall–Kier alpha value is -1.56. The molecule has 5 nitrogen and oxygen atoms in total. The van der Waals surface area contributed by atoms with Gasteiger partial charge in [0.1, 0.15) is 0 Å². The molecular weight excluding hydrogens is 290 g/mol. The van der Waals surface area contributed by atoms with Gasteiger partial charge < -0.3 is 5.11 Å². The van der Waals surface area contributed by atoms with Crippen molar-refractivity contribution in [2.75, 3.05) is 11.4 Å². The molecule has 0 aliphatic carbocycles. The van der Waals surface area contributed by atoms with Crippen molar-refractivity contribution in [2.45, 2.75) is 44.3 Å². The highest BCUT2D eigenvalue weighted by Crippen LogP contribution is 2.34. The van der Waals surface area contributed by atoms with Crippen LogP contribution < -0.4 is 4.31 Å². The zero-order chi connectivity index (χ0) is 16.1. The standard InChI is InChI=1S/C15H23NO4S/c1-4-11-15(12-5-2,14(17)18)21(19,20)16(3)13-9-7-6-8-10-13/h6-10H,4-5,11-12H2,1-3H3,(H,17,18). The van der Waals surface area contributed by atoms with Gasteiger partial charge in [-0.25, -0.2) is 8.42 Å². The lowest BCUT2D eigenvalue weighted by Gasteiger charge is -2.33. The second-order valence-electron chi connectivity index (χ2n) is 5.11. The summed E-state index contributed by atoms with van der Waals surface area (Å²) in [5.74, 6) is -1.27. The first-order valence-electron chi connectivity index (χ1n) is 7.10. The van der Waals surface area contributed by atoms with E-state index < -0.39 is 20.7 Å². The molecule has 0 aliphatic rings. The molecule has 6 heteroatoms. The lowest BCUT2D eigenvalue weighted by Crippen LogP contribution is -2.52. The minimum absolute atomic E-state index is 0.107. The molecule has 0 amide bonds. The van der Waals surface area contributed by atoms with Crippen molar-refractivity contribution in [3.05, 3.63) is 30.3 Å². The molecule has 118 valence electrons. The van der Waals surface area contributed by atoms with Crippen molar-refractivity contribution in [2.24, 2.45) is 0 Å². The fraction of sp³-hybridized carbons (Fsp3) is 0.533. The summed E-state index contributed by atoms with van der Waals surface area (Å²) in [6, 6.07) is 8.55. The van der Waals surface area contributed by atoms with Crippen LogP contribution >= 0.6 is 0 Å². The number of sulfonamides is 1. The van der Waals surface area contributed by atoms with E-state index in [1.165, 1.54) is 7.05 Å². The number of para-hydroxylation sites is 1. The minimum atomic E-state index is -4.01. The zero-order valence-corrected chi connectivity index (χ0v) is 13.6. The summed E-state index contributed by atoms with van der Waals surface area (Å²) < 4.78 is 25.2. The Labute approximate surface area is 126 Å². The Morgan fingerprint density at radius 1 is 1.14 bits per heavy atom. The normalized spacial score (nSPS) is 12.1. The Balaban J connectivity index is 3.36. The van der Waals surface area contributed by atoms with Crippen molar-refractivity contribution in [3.8, 4) is 0 Å². The summed E-state index contributed by atoms with van der Waals surface area (Å²) in [5, 5.41) is 9.61. The molecule has 0 bridgehead atoms. The van der Waals surface area contributed by atoms with E-state index in [2.05, 4.69) is 0 Å². The van der Waals surface area contributed by atoms with Crippen molar-refractivity contribution in [1.82, 2.24) is 0 Å². The fourth-order valence-corrected chi connectivity index (χ4v) is 4.62. The largest absolute Gasteiger partial charge is 0.480 e. The Morgan fingerprint density at radius 2 is 1.62 bits per heavy atom. The first-order valence-corrected chi connectivity index (χ1v) is 8.54. The van der Waals surface area contributed by atoms with Crippen LogP contribution in [0.5, 0.6) is 0 Å². The van der Waals surface area contributed by atoms with E-state index in [0.717, 1.165) is 4.31 Å². The van der Waals surface area contributed by atoms with Crippen molar-refractivity contribution >= 4 is 21.7 Å². The van der Waals surface area contributed by atoms with E-state index in [0.29, 0.717) is 18.5 Å². The van der Waals surface area contributed by atoms with Gasteiger partial charge in [-0.2, -0.15) is 0 Å². The number of aliphatic carboxylic acids is 1. The number of benzene rings is 1. The third kappa shape index (κ3) is 3.20. The zero-order valence-electron chi connectivity index (χ0n) is 12.7. The smallest absolute Gasteiger partial charge is 0.327 e. The highest BCUT2D eigenvalue weighted by molar-refractivity contribution is 7.94. The number of hydrogen-bond acceptors (Lipinski definition) is 3. The van der Waals surface area contributed by atoms with Crippen molar-refractivity contribution < 1.29 is 18.3 Å². The van der Waals surface area contributed by atoms with Crippen LogP contribution in [0.25, 0.3) is 0 Å². The van der Waals surface area contributed by atoms with Crippen LogP contribution in [-0.4, -0.2) is 31.3 Å². The lowest BCUT2D eigenvalue weighted by molar-refractivity contribution is -0.140. The molecular formula is C15H23NO4S. The van der Waals surface area contributed by atoms with Gasteiger partial charge in [-0.05, 0) is 25.0 Å². The van der Waals surface area contributed by atoms with Crippen LogP contribution in [0.15, 0.2) is 30.3 Å². The van der Waals surface area contributed by atoms with Gasteiger partial charge >= 0.3 is 5.97 Å². The average Bonchev–Trinajstić information content (AvgIpc) is 2.46. The van der Waals surface area contributed by atoms with Gasteiger partial charge in [-0.3, -0.25) is 9.10 Å². The second kappa shape index (κ2) is 6.93. The SMILES string of the molecule is CCCC(CCC)(C(=O)O)S(=O)(=O)N(C)c1ccccc1. The molecule has 0 radical (unpaired) electrons. The predicted molar refractivity (Wildman–Crippen MR) is 83.9 cm³/mol. The Morgan fingerprint density at radius 3 is 2.00 bits per heavy atom. The van der Waals surface area contributed by atoms with Gasteiger partial charge in [-0.1, -0.05) is 44.9 Å². The average molecular weight is 313 g/mol. The quantitative estimate of drug-likeness (QED) is 0.801. The van der Waals surface area contributed by atoms with Crippen molar-refractivity contribution in [1.29, 1.82) is 0 Å². The summed E-state index contributed by atoms with van der Waals surface area (Å²) >= 11 is 0. The highest BCUT2D eigenvalue weighted by atomic mass is 32.2. The second-order valence-corrected chi connectivity index (χ2v) is 7.39. The number of carboxylic acids is 1. The van der Waals surface area contributed by atoms with Crippen LogP contribution in [-0.2, 0) is 14.8 Å². The molecule has 0 fully saturated rings. The van der Waals surface area contributed by atoms with Crippen LogP contribution in [0.2, 0.25) is 0 Å². The number of rotatable bonds is 8. The molecule has 0 spiro atoms. The summed E-state index contributed by atoms with van der Waals surface area (Å²) in [6.07, 6.45) is 1.20. The summed E-state index contributed by atoms with van der Waals surface area (Å²) in [6.45, 7) is 3.59. The molecule has 0 saturated heterocycles. The van der Waals surface area contributed by atoms with E-state index in [9.17, 15) is 18.3 Å². The van der Waals surface area contributed by atoms with E-state index >= 15 is 0 Å². The topological polar surface area (TPSA) is 74.7 Å². The monoisotopic (exact) mass is 313 g/mol. The molecule has 0 aliphatic heterocycles. The van der Waals surface area contributed by atoms with E-state index in [1.807, 2.05) is 0 Å². The van der Waals surface area contributed by atoms with E-state index in [-0.39, 0.29) is 12.8 Å². The van der Waals surface area contributed by atoms with Crippen molar-refractivity contribution in [3.63, 3.8) is 0 Å². The molecule has 1 rings (SSSR count). The molecule has 1 aromatic rings. The van der Waals surface area contributed by atoms with Gasteiger partial charge in [0, 0.05) is 7.05 Å². The number of anilines is 1. The first kappa shape index (κ1) is 17.5. The van der Waals surface area contributed by atoms with Crippen LogP contribution in [0.1, 0.15) is 39.5 Å². The third-order valence-electron chi connectivity index (χ3n) is 3.67. The minimum Gasteiger partial charge on any atom is -0.480 e. The summed E-state index contributed by atoms with van der Waals surface area (Å²) in [5.41, 5.74) is 0.468. The summed E-state index contributed by atoms with van der Waals surface area (Å²) in [7, 11) is -2.60. The third-order valence-corrected chi connectivity index (χ3v) is 6.17. The van der Waals surface area contributed by atoms with E-state index in [4.69, 9.17) is 0 Å². The maximum absolute atomic E-state index is 12.9. The van der Waals surface area contributed by atoms with Gasteiger partial charge in [0.05, 0.1) is 5.69 Å². The van der Waals surface area contributed by atoms with Gasteiger partial charge in [0.15, 0.2) is 4.75 Å². The molecule has 1 N–H and O–H groups in total. The Kier molecular flexibility index (Phi) is 5.78. The van der Waals surface area contributed by atoms with Gasteiger partial charge in [0.2, 0.25) is 0 Å². The number of nitrogens with zero attached hydrogens (tertiary/aromatic N) is 1. The molecule has 0 aromatic heterocycles. The molecule has 1 aromatic carbocycles. The predicted octanol–water partition coefficient (Wildman–Crippen LogP) is 2.88. The maximum Gasteiger partial charge on any atom is 0.327 e. The molecule has 0 heterocycles. The maximum atomic E-state index is 12.9. The molecule has 0 unspecified atom stereocenters. The lowest BCUT2D eigenvalue weighted by atomic mass is 9.97. The molecule has 0 atom stereocenters. The molecule has 0 saturated carbocycles. The van der Waals surface area contributed by atoms with E-state index in [1.54, 1.807) is 44.2 Å². The Bertz CT molecular complexity index is 563.